The van der Waals surface area contributed by atoms with Crippen LogP contribution >= 0.6 is 0 Å². The number of hydrogen-bond donors (Lipinski definition) is 3. The van der Waals surface area contributed by atoms with Crippen molar-refractivity contribution in [2.45, 2.75) is 32.2 Å². The Morgan fingerprint density at radius 1 is 1.33 bits per heavy atom. The Bertz CT molecular complexity index is 910. The summed E-state index contributed by atoms with van der Waals surface area (Å²) in [5.74, 6) is 1.25. The Hall–Kier alpha value is -2.89. The maximum absolute atomic E-state index is 13.0. The van der Waals surface area contributed by atoms with E-state index < -0.39 is 0 Å². The van der Waals surface area contributed by atoms with Gasteiger partial charge in [-0.05, 0) is 43.4 Å². The number of carbonyl (C=O) groups excluding carboxylic acids is 1. The maximum atomic E-state index is 13.0. The third-order valence-corrected chi connectivity index (χ3v) is 5.54. The van der Waals surface area contributed by atoms with Gasteiger partial charge in [-0.1, -0.05) is 18.2 Å². The Balaban J connectivity index is 1.58. The molecule has 6 nitrogen and oxygen atoms in total. The van der Waals surface area contributed by atoms with Crippen LogP contribution in [0.1, 0.15) is 31.4 Å². The lowest BCUT2D eigenvalue weighted by atomic mass is 9.94. The molecular formula is C21H27N5O. The molecule has 0 spiro atoms. The second-order valence-electron chi connectivity index (χ2n) is 7.14. The summed E-state index contributed by atoms with van der Waals surface area (Å²) in [6.45, 7) is 4.72. The highest BCUT2D eigenvalue weighted by atomic mass is 16.2. The van der Waals surface area contributed by atoms with Crippen LogP contribution in [0.3, 0.4) is 0 Å². The second-order valence-corrected chi connectivity index (χ2v) is 7.14. The van der Waals surface area contributed by atoms with E-state index in [4.69, 9.17) is 0 Å². The highest BCUT2D eigenvalue weighted by Gasteiger charge is 2.28. The molecule has 142 valence electrons. The molecule has 2 aromatic rings. The molecule has 1 saturated heterocycles. The average Bonchev–Trinajstić information content (AvgIpc) is 3.12. The number of rotatable bonds is 4. The van der Waals surface area contributed by atoms with E-state index >= 15 is 0 Å². The van der Waals surface area contributed by atoms with E-state index in [-0.39, 0.29) is 5.91 Å². The lowest BCUT2D eigenvalue weighted by molar-refractivity contribution is -0.128. The number of hydrazine groups is 1. The van der Waals surface area contributed by atoms with Crippen LogP contribution in [-0.2, 0) is 11.3 Å². The van der Waals surface area contributed by atoms with E-state index in [1.165, 1.54) is 16.6 Å². The zero-order chi connectivity index (χ0) is 18.8. The van der Waals surface area contributed by atoms with Gasteiger partial charge in [0, 0.05) is 50.0 Å². The number of carbonyl (C=O) groups is 1. The Kier molecular flexibility index (Phi) is 4.79. The molecule has 4 rings (SSSR count). The summed E-state index contributed by atoms with van der Waals surface area (Å²) in [5, 5.41) is 4.31. The molecule has 1 aromatic heterocycles. The third-order valence-electron chi connectivity index (χ3n) is 5.54. The second kappa shape index (κ2) is 7.39. The minimum Gasteiger partial charge on any atom is -0.374 e. The molecule has 1 atom stereocenters. The van der Waals surface area contributed by atoms with Crippen molar-refractivity contribution >= 4 is 16.8 Å². The van der Waals surface area contributed by atoms with Gasteiger partial charge >= 0.3 is 0 Å². The number of benzene rings is 1. The normalized spacial score (nSPS) is 19.8. The van der Waals surface area contributed by atoms with Crippen molar-refractivity contribution in [3.63, 3.8) is 0 Å². The van der Waals surface area contributed by atoms with Crippen molar-refractivity contribution in [2.24, 2.45) is 0 Å². The largest absolute Gasteiger partial charge is 0.374 e. The van der Waals surface area contributed by atoms with Gasteiger partial charge in [0.05, 0.1) is 5.57 Å². The Morgan fingerprint density at radius 2 is 2.19 bits per heavy atom. The summed E-state index contributed by atoms with van der Waals surface area (Å²) in [5.41, 5.74) is 9.22. The van der Waals surface area contributed by atoms with Crippen molar-refractivity contribution in [1.29, 1.82) is 0 Å². The smallest absolute Gasteiger partial charge is 0.255 e. The van der Waals surface area contributed by atoms with Crippen LogP contribution in [0.5, 0.6) is 0 Å². The van der Waals surface area contributed by atoms with Gasteiger partial charge in [0.1, 0.15) is 5.82 Å². The van der Waals surface area contributed by atoms with Gasteiger partial charge in [0.2, 0.25) is 0 Å². The molecule has 0 saturated carbocycles. The number of fused-ring (bicyclic) bond motifs is 1. The Labute approximate surface area is 159 Å². The van der Waals surface area contributed by atoms with Gasteiger partial charge < -0.3 is 20.2 Å². The molecule has 3 heterocycles. The number of hydrogen-bond acceptors (Lipinski definition) is 4. The number of likely N-dealkylation sites (tertiary alicyclic amines) is 1. The van der Waals surface area contributed by atoms with Crippen LogP contribution in [0, 0.1) is 0 Å². The predicted molar refractivity (Wildman–Crippen MR) is 108 cm³/mol. The molecule has 27 heavy (non-hydrogen) atoms. The van der Waals surface area contributed by atoms with Crippen molar-refractivity contribution in [1.82, 2.24) is 25.6 Å². The van der Waals surface area contributed by atoms with Crippen LogP contribution in [0.2, 0.25) is 0 Å². The summed E-state index contributed by atoms with van der Waals surface area (Å²) in [4.78, 5) is 15.0. The zero-order valence-electron chi connectivity index (χ0n) is 16.0. The molecule has 0 radical (unpaired) electrons. The lowest BCUT2D eigenvalue weighted by Crippen LogP contribution is -2.42. The summed E-state index contributed by atoms with van der Waals surface area (Å²) in [6.07, 6.45) is 5.74. The molecular weight excluding hydrogens is 338 g/mol. The molecule has 1 amide bonds. The van der Waals surface area contributed by atoms with Gasteiger partial charge in [-0.25, -0.2) is 0 Å². The molecule has 0 aliphatic carbocycles. The van der Waals surface area contributed by atoms with Gasteiger partial charge in [0.25, 0.3) is 5.91 Å². The molecule has 2 aliphatic heterocycles. The number of piperidine rings is 1. The fraction of sp³-hybridized carbons (Fsp3) is 0.381. The van der Waals surface area contributed by atoms with Crippen molar-refractivity contribution in [3.8, 4) is 0 Å². The van der Waals surface area contributed by atoms with Gasteiger partial charge in [-0.15, -0.1) is 0 Å². The monoisotopic (exact) mass is 365 g/mol. The number of nitrogens with one attached hydrogen (secondary N) is 3. The van der Waals surface area contributed by atoms with Crippen molar-refractivity contribution in [2.75, 3.05) is 20.1 Å². The molecule has 6 heteroatoms. The lowest BCUT2D eigenvalue weighted by Gasteiger charge is -2.34. The fourth-order valence-corrected chi connectivity index (χ4v) is 4.19. The first kappa shape index (κ1) is 17.5. The maximum Gasteiger partial charge on any atom is 0.255 e. The molecule has 1 aromatic carbocycles. The van der Waals surface area contributed by atoms with Gasteiger partial charge in [0.15, 0.2) is 0 Å². The van der Waals surface area contributed by atoms with E-state index in [2.05, 4.69) is 58.0 Å². The molecule has 2 aliphatic rings. The number of nitrogens with zero attached hydrogens (tertiary/aromatic N) is 2. The quantitative estimate of drug-likeness (QED) is 0.779. The van der Waals surface area contributed by atoms with E-state index in [0.29, 0.717) is 11.5 Å². The summed E-state index contributed by atoms with van der Waals surface area (Å²) >= 11 is 0. The van der Waals surface area contributed by atoms with Crippen LogP contribution in [0.4, 0.5) is 0 Å². The fourth-order valence-electron chi connectivity index (χ4n) is 4.19. The summed E-state index contributed by atoms with van der Waals surface area (Å²) in [7, 11) is 1.83. The van der Waals surface area contributed by atoms with Gasteiger partial charge in [-0.3, -0.25) is 10.2 Å². The third kappa shape index (κ3) is 3.27. The summed E-state index contributed by atoms with van der Waals surface area (Å²) in [6, 6.07) is 10.8. The topological polar surface area (TPSA) is 61.3 Å². The minimum absolute atomic E-state index is 0.0839. The van der Waals surface area contributed by atoms with Crippen LogP contribution < -0.4 is 16.2 Å². The van der Waals surface area contributed by atoms with E-state index in [1.54, 1.807) is 6.20 Å². The highest BCUT2D eigenvalue weighted by Crippen LogP contribution is 2.32. The first-order valence-electron chi connectivity index (χ1n) is 9.70. The van der Waals surface area contributed by atoms with Crippen LogP contribution in [-0.4, -0.2) is 35.5 Å². The number of aromatic nitrogens is 1. The average molecular weight is 365 g/mol. The minimum atomic E-state index is 0.0839. The molecule has 1 unspecified atom stereocenters. The first-order valence-corrected chi connectivity index (χ1v) is 9.70. The predicted octanol–water partition coefficient (Wildman–Crippen LogP) is 2.42. The van der Waals surface area contributed by atoms with E-state index in [1.807, 2.05) is 18.0 Å². The Morgan fingerprint density at radius 3 is 3.00 bits per heavy atom. The van der Waals surface area contributed by atoms with Gasteiger partial charge in [-0.2, -0.15) is 0 Å². The number of para-hydroxylation sites is 1. The van der Waals surface area contributed by atoms with E-state index in [9.17, 15) is 4.79 Å². The highest BCUT2D eigenvalue weighted by molar-refractivity contribution is 5.96. The first-order chi connectivity index (χ1) is 13.2. The molecule has 0 bridgehead atoms. The zero-order valence-corrected chi connectivity index (χ0v) is 16.0. The number of aryl methyl sites for hydroxylation is 1. The van der Waals surface area contributed by atoms with Crippen molar-refractivity contribution in [3.05, 3.63) is 59.7 Å². The standard InChI is InChI=1S/C21H27N5O/c1-3-26-18-9-5-4-7-15(18)11-19(26)16-8-6-10-25(14-16)21(27)17-12-20(22-2)24-23-13-17/h4-5,7,9,11-13,16,22-24H,3,6,8,10,14H2,1-2H3. The van der Waals surface area contributed by atoms with Crippen molar-refractivity contribution < 1.29 is 4.79 Å². The molecule has 3 N–H and O–H groups in total. The summed E-state index contributed by atoms with van der Waals surface area (Å²) < 4.78 is 2.40. The SMILES string of the molecule is CCn1c(C2CCCN(C(=O)C3=CNNC(NC)=C3)C2)cc2ccccc21. The van der Waals surface area contributed by atoms with Crippen LogP contribution in [0.15, 0.2) is 54.0 Å². The molecule has 1 fully saturated rings. The van der Waals surface area contributed by atoms with E-state index in [0.717, 1.165) is 38.3 Å². The van der Waals surface area contributed by atoms with Crippen LogP contribution in [0.25, 0.3) is 10.9 Å². The number of amides is 1.